The standard InChI is InChI=1S/C12H12N2O3/c15-4-3-13-9-1-2-10-11(5-9)8(7-16)6-14-12(10)17/h1-2,4-6,13,16H,3,7H2,(H,14,17). The third-order valence-corrected chi connectivity index (χ3v) is 2.55. The van der Waals surface area contributed by atoms with E-state index in [2.05, 4.69) is 10.3 Å². The van der Waals surface area contributed by atoms with Crippen molar-refractivity contribution in [3.63, 3.8) is 0 Å². The molecule has 2 rings (SSSR count). The zero-order valence-corrected chi connectivity index (χ0v) is 9.06. The maximum absolute atomic E-state index is 11.6. The Morgan fingerprint density at radius 1 is 1.35 bits per heavy atom. The summed E-state index contributed by atoms with van der Waals surface area (Å²) in [7, 11) is 0. The van der Waals surface area contributed by atoms with Crippen LogP contribution in [0.15, 0.2) is 29.2 Å². The number of anilines is 1. The molecule has 2 aromatic rings. The van der Waals surface area contributed by atoms with Gasteiger partial charge in [-0.25, -0.2) is 0 Å². The lowest BCUT2D eigenvalue weighted by Crippen LogP contribution is -2.08. The quantitative estimate of drug-likeness (QED) is 0.675. The molecule has 0 aliphatic rings. The lowest BCUT2D eigenvalue weighted by molar-refractivity contribution is -0.106. The molecule has 0 radical (unpaired) electrons. The summed E-state index contributed by atoms with van der Waals surface area (Å²) < 4.78 is 0. The molecule has 0 unspecified atom stereocenters. The van der Waals surface area contributed by atoms with E-state index in [4.69, 9.17) is 0 Å². The van der Waals surface area contributed by atoms with Crippen molar-refractivity contribution in [2.24, 2.45) is 0 Å². The maximum Gasteiger partial charge on any atom is 0.255 e. The average Bonchev–Trinajstić information content (AvgIpc) is 2.37. The molecule has 0 amide bonds. The number of rotatable bonds is 4. The average molecular weight is 232 g/mol. The molecule has 17 heavy (non-hydrogen) atoms. The van der Waals surface area contributed by atoms with E-state index in [9.17, 15) is 14.7 Å². The van der Waals surface area contributed by atoms with Crippen molar-refractivity contribution >= 4 is 22.7 Å². The van der Waals surface area contributed by atoms with Crippen LogP contribution in [-0.2, 0) is 11.4 Å². The third-order valence-electron chi connectivity index (χ3n) is 2.55. The van der Waals surface area contributed by atoms with Crippen LogP contribution in [0.1, 0.15) is 5.56 Å². The second-order valence-electron chi connectivity index (χ2n) is 3.61. The summed E-state index contributed by atoms with van der Waals surface area (Å²) >= 11 is 0. The van der Waals surface area contributed by atoms with Crippen LogP contribution in [-0.4, -0.2) is 22.9 Å². The lowest BCUT2D eigenvalue weighted by atomic mass is 10.1. The highest BCUT2D eigenvalue weighted by molar-refractivity contribution is 5.87. The van der Waals surface area contributed by atoms with E-state index in [-0.39, 0.29) is 18.7 Å². The molecular formula is C12H12N2O3. The molecule has 0 bridgehead atoms. The minimum Gasteiger partial charge on any atom is -0.392 e. The first-order valence-corrected chi connectivity index (χ1v) is 5.19. The Kier molecular flexibility index (Phi) is 3.20. The van der Waals surface area contributed by atoms with E-state index in [0.717, 1.165) is 12.0 Å². The number of carbonyl (C=O) groups is 1. The number of hydrogen-bond acceptors (Lipinski definition) is 4. The number of benzene rings is 1. The number of pyridine rings is 1. The number of nitrogens with one attached hydrogen (secondary N) is 2. The maximum atomic E-state index is 11.6. The van der Waals surface area contributed by atoms with Gasteiger partial charge in [0.2, 0.25) is 0 Å². The van der Waals surface area contributed by atoms with Crippen LogP contribution in [0.2, 0.25) is 0 Å². The van der Waals surface area contributed by atoms with Gasteiger partial charge < -0.3 is 20.2 Å². The summed E-state index contributed by atoms with van der Waals surface area (Å²) in [4.78, 5) is 24.4. The molecule has 5 heteroatoms. The van der Waals surface area contributed by atoms with Crippen molar-refractivity contribution < 1.29 is 9.90 Å². The van der Waals surface area contributed by atoms with Gasteiger partial charge >= 0.3 is 0 Å². The number of fused-ring (bicyclic) bond motifs is 1. The second-order valence-corrected chi connectivity index (χ2v) is 3.61. The SMILES string of the molecule is O=CCNc1ccc2c(=O)[nH]cc(CO)c2c1. The van der Waals surface area contributed by atoms with Crippen LogP contribution < -0.4 is 10.9 Å². The summed E-state index contributed by atoms with van der Waals surface area (Å²) in [6.07, 6.45) is 2.25. The monoisotopic (exact) mass is 232 g/mol. The molecule has 1 aromatic carbocycles. The third kappa shape index (κ3) is 2.19. The molecule has 0 spiro atoms. The van der Waals surface area contributed by atoms with E-state index in [1.165, 1.54) is 6.20 Å². The number of aromatic amines is 1. The Labute approximate surface area is 97.1 Å². The summed E-state index contributed by atoms with van der Waals surface area (Å²) in [5.74, 6) is 0. The highest BCUT2D eigenvalue weighted by atomic mass is 16.3. The molecule has 1 aromatic heterocycles. The van der Waals surface area contributed by atoms with Gasteiger partial charge in [-0.15, -0.1) is 0 Å². The van der Waals surface area contributed by atoms with Crippen LogP contribution in [0.4, 0.5) is 5.69 Å². The van der Waals surface area contributed by atoms with Crippen LogP contribution in [0.25, 0.3) is 10.8 Å². The zero-order chi connectivity index (χ0) is 12.3. The van der Waals surface area contributed by atoms with Gasteiger partial charge in [0.05, 0.1) is 13.2 Å². The highest BCUT2D eigenvalue weighted by Gasteiger charge is 2.04. The fraction of sp³-hybridized carbons (Fsp3) is 0.167. The number of H-pyrrole nitrogens is 1. The molecule has 0 saturated carbocycles. The largest absolute Gasteiger partial charge is 0.392 e. The Hall–Kier alpha value is -2.14. The summed E-state index contributed by atoms with van der Waals surface area (Å²) in [6.45, 7) is 0.0631. The van der Waals surface area contributed by atoms with Crippen molar-refractivity contribution in [3.8, 4) is 0 Å². The van der Waals surface area contributed by atoms with Crippen LogP contribution >= 0.6 is 0 Å². The van der Waals surface area contributed by atoms with Crippen molar-refractivity contribution in [3.05, 3.63) is 40.3 Å². The van der Waals surface area contributed by atoms with Crippen molar-refractivity contribution in [2.45, 2.75) is 6.61 Å². The molecule has 0 fully saturated rings. The minimum absolute atomic E-state index is 0.148. The van der Waals surface area contributed by atoms with Crippen LogP contribution in [0.3, 0.4) is 0 Å². The number of aliphatic hydroxyl groups excluding tert-OH is 1. The Bertz CT molecular complexity index is 604. The van der Waals surface area contributed by atoms with Gasteiger partial charge in [-0.1, -0.05) is 0 Å². The molecule has 88 valence electrons. The lowest BCUT2D eigenvalue weighted by Gasteiger charge is -2.07. The summed E-state index contributed by atoms with van der Waals surface area (Å²) in [5, 5.41) is 13.3. The van der Waals surface area contributed by atoms with Gasteiger partial charge in [-0.05, 0) is 23.6 Å². The Morgan fingerprint density at radius 2 is 2.18 bits per heavy atom. The molecular weight excluding hydrogens is 220 g/mol. The number of hydrogen-bond donors (Lipinski definition) is 3. The molecule has 5 nitrogen and oxygen atoms in total. The predicted molar refractivity (Wildman–Crippen MR) is 65.0 cm³/mol. The van der Waals surface area contributed by atoms with Crippen molar-refractivity contribution in [2.75, 3.05) is 11.9 Å². The molecule has 0 aliphatic heterocycles. The first kappa shape index (κ1) is 11.3. The van der Waals surface area contributed by atoms with E-state index in [1.807, 2.05) is 0 Å². The zero-order valence-electron chi connectivity index (χ0n) is 9.06. The number of aromatic nitrogens is 1. The van der Waals surface area contributed by atoms with E-state index >= 15 is 0 Å². The number of aldehydes is 1. The molecule has 0 atom stereocenters. The second kappa shape index (κ2) is 4.80. The molecule has 0 saturated heterocycles. The van der Waals surface area contributed by atoms with E-state index < -0.39 is 0 Å². The van der Waals surface area contributed by atoms with Crippen molar-refractivity contribution in [1.29, 1.82) is 0 Å². The van der Waals surface area contributed by atoms with E-state index in [0.29, 0.717) is 16.3 Å². The van der Waals surface area contributed by atoms with Crippen LogP contribution in [0.5, 0.6) is 0 Å². The molecule has 1 heterocycles. The van der Waals surface area contributed by atoms with Crippen LogP contribution in [0, 0.1) is 0 Å². The van der Waals surface area contributed by atoms with Gasteiger partial charge in [0.25, 0.3) is 5.56 Å². The van der Waals surface area contributed by atoms with Gasteiger partial charge in [0.1, 0.15) is 6.29 Å². The van der Waals surface area contributed by atoms with Gasteiger partial charge in [0.15, 0.2) is 0 Å². The molecule has 3 N–H and O–H groups in total. The molecule has 0 aliphatic carbocycles. The topological polar surface area (TPSA) is 82.2 Å². The first-order valence-electron chi connectivity index (χ1n) is 5.19. The smallest absolute Gasteiger partial charge is 0.255 e. The fourth-order valence-corrected chi connectivity index (χ4v) is 1.72. The van der Waals surface area contributed by atoms with Gasteiger partial charge in [-0.3, -0.25) is 4.79 Å². The minimum atomic E-state index is -0.195. The predicted octanol–water partition coefficient (Wildman–Crippen LogP) is 0.631. The van der Waals surface area contributed by atoms with Gasteiger partial charge in [-0.2, -0.15) is 0 Å². The number of aliphatic hydroxyl groups is 1. The van der Waals surface area contributed by atoms with Gasteiger partial charge in [0, 0.05) is 22.8 Å². The first-order chi connectivity index (χ1) is 8.26. The Morgan fingerprint density at radius 3 is 2.88 bits per heavy atom. The normalized spacial score (nSPS) is 10.4. The summed E-state index contributed by atoms with van der Waals surface area (Å²) in [5.41, 5.74) is 1.19. The Balaban J connectivity index is 2.58. The summed E-state index contributed by atoms with van der Waals surface area (Å²) in [6, 6.07) is 5.14. The fourth-order valence-electron chi connectivity index (χ4n) is 1.72. The van der Waals surface area contributed by atoms with Crippen molar-refractivity contribution in [1.82, 2.24) is 4.98 Å². The number of carbonyl (C=O) groups excluding carboxylic acids is 1. The highest BCUT2D eigenvalue weighted by Crippen LogP contribution is 2.19. The van der Waals surface area contributed by atoms with E-state index in [1.54, 1.807) is 18.2 Å².